The highest BCUT2D eigenvalue weighted by atomic mass is 16.2. The fourth-order valence-corrected chi connectivity index (χ4v) is 3.88. The van der Waals surface area contributed by atoms with E-state index < -0.39 is 0 Å². The van der Waals surface area contributed by atoms with Gasteiger partial charge in [-0.15, -0.1) is 0 Å². The number of hydrazone groups is 1. The average Bonchev–Trinajstić information content (AvgIpc) is 2.70. The zero-order valence-corrected chi connectivity index (χ0v) is 14.8. The number of hydrogen-bond acceptors (Lipinski definition) is 2. The van der Waals surface area contributed by atoms with Gasteiger partial charge in [-0.25, -0.2) is 4.79 Å². The maximum atomic E-state index is 12.7. The molecule has 2 amide bonds. The number of rotatable bonds is 2. The number of anilines is 1. The van der Waals surface area contributed by atoms with Crippen molar-refractivity contribution in [2.24, 2.45) is 10.5 Å². The van der Waals surface area contributed by atoms with Crippen LogP contribution in [-0.2, 0) is 0 Å². The number of para-hydroxylation sites is 1. The summed E-state index contributed by atoms with van der Waals surface area (Å²) in [6, 6.07) is 19.5. The molecule has 0 saturated heterocycles. The summed E-state index contributed by atoms with van der Waals surface area (Å²) in [6.07, 6.45) is 9.87. The molecule has 2 aromatic rings. The first kappa shape index (κ1) is 16.6. The summed E-state index contributed by atoms with van der Waals surface area (Å²) in [5, 5.41) is 9.11. The molecule has 1 spiro atoms. The van der Waals surface area contributed by atoms with Crippen LogP contribution in [0.1, 0.15) is 37.7 Å². The fourth-order valence-electron chi connectivity index (χ4n) is 3.88. The van der Waals surface area contributed by atoms with Crippen LogP contribution in [-0.4, -0.2) is 16.8 Å². The molecule has 4 heteroatoms. The van der Waals surface area contributed by atoms with E-state index in [-0.39, 0.29) is 11.4 Å². The van der Waals surface area contributed by atoms with E-state index in [4.69, 9.17) is 5.10 Å². The molecular formula is C22H23N3O. The zero-order chi connectivity index (χ0) is 17.8. The van der Waals surface area contributed by atoms with Crippen LogP contribution in [0.4, 0.5) is 10.5 Å². The smallest absolute Gasteiger partial charge is 0.306 e. The molecule has 1 heterocycles. The van der Waals surface area contributed by atoms with Crippen molar-refractivity contribution in [2.45, 2.75) is 32.1 Å². The first-order valence-electron chi connectivity index (χ1n) is 9.26. The standard InChI is InChI=1S/C22H23N3O/c26-21(23-19-12-6-2-7-13-19)25-17-16-22(14-8-3-9-15-22)20(24-25)18-10-4-1-5-11-18/h1-2,4-7,10-13,16-17H,3,8-9,14-15H2,(H,23,26). The average molecular weight is 345 g/mol. The molecule has 0 unspecified atom stereocenters. The molecule has 0 atom stereocenters. The van der Waals surface area contributed by atoms with Crippen LogP contribution in [0.2, 0.25) is 0 Å². The third-order valence-corrected chi connectivity index (χ3v) is 5.24. The minimum absolute atomic E-state index is 0.0525. The van der Waals surface area contributed by atoms with Crippen molar-refractivity contribution in [1.82, 2.24) is 5.01 Å². The first-order chi connectivity index (χ1) is 12.8. The van der Waals surface area contributed by atoms with E-state index in [2.05, 4.69) is 23.5 Å². The zero-order valence-electron chi connectivity index (χ0n) is 14.8. The highest BCUT2D eigenvalue weighted by Gasteiger charge is 2.38. The predicted octanol–water partition coefficient (Wildman–Crippen LogP) is 5.40. The van der Waals surface area contributed by atoms with E-state index in [9.17, 15) is 4.79 Å². The number of allylic oxidation sites excluding steroid dienone is 1. The van der Waals surface area contributed by atoms with Crippen LogP contribution in [0.5, 0.6) is 0 Å². The Hall–Kier alpha value is -2.88. The number of benzene rings is 2. The molecule has 1 saturated carbocycles. The highest BCUT2D eigenvalue weighted by molar-refractivity contribution is 6.07. The predicted molar refractivity (Wildman–Crippen MR) is 105 cm³/mol. The lowest BCUT2D eigenvalue weighted by Gasteiger charge is -2.39. The van der Waals surface area contributed by atoms with Crippen molar-refractivity contribution in [1.29, 1.82) is 0 Å². The minimum atomic E-state index is -0.244. The van der Waals surface area contributed by atoms with E-state index in [0.717, 1.165) is 29.8 Å². The third-order valence-electron chi connectivity index (χ3n) is 5.24. The summed E-state index contributed by atoms with van der Waals surface area (Å²) >= 11 is 0. The van der Waals surface area contributed by atoms with E-state index in [1.807, 2.05) is 54.7 Å². The lowest BCUT2D eigenvalue weighted by atomic mass is 9.68. The number of carbonyl (C=O) groups excluding carboxylic acids is 1. The summed E-state index contributed by atoms with van der Waals surface area (Å²) in [7, 11) is 0. The second-order valence-electron chi connectivity index (χ2n) is 6.99. The van der Waals surface area contributed by atoms with Gasteiger partial charge in [0, 0.05) is 17.3 Å². The Balaban J connectivity index is 1.64. The summed E-state index contributed by atoms with van der Waals surface area (Å²) in [5.41, 5.74) is 2.81. The van der Waals surface area contributed by atoms with Gasteiger partial charge in [0.1, 0.15) is 0 Å². The fraction of sp³-hybridized carbons (Fsp3) is 0.273. The molecule has 4 nitrogen and oxygen atoms in total. The first-order valence-corrected chi connectivity index (χ1v) is 9.26. The molecule has 0 aromatic heterocycles. The maximum absolute atomic E-state index is 12.7. The van der Waals surface area contributed by atoms with Gasteiger partial charge in [-0.3, -0.25) is 0 Å². The van der Waals surface area contributed by atoms with Gasteiger partial charge in [-0.05, 0) is 30.5 Å². The van der Waals surface area contributed by atoms with E-state index >= 15 is 0 Å². The Morgan fingerprint density at radius 3 is 2.27 bits per heavy atom. The highest BCUT2D eigenvalue weighted by Crippen LogP contribution is 2.42. The van der Waals surface area contributed by atoms with Crippen molar-refractivity contribution in [3.8, 4) is 0 Å². The van der Waals surface area contributed by atoms with E-state index in [1.165, 1.54) is 24.3 Å². The van der Waals surface area contributed by atoms with Gasteiger partial charge in [0.2, 0.25) is 0 Å². The monoisotopic (exact) mass is 345 g/mol. The molecular weight excluding hydrogens is 322 g/mol. The van der Waals surface area contributed by atoms with E-state index in [1.54, 1.807) is 0 Å². The van der Waals surface area contributed by atoms with Gasteiger partial charge in [0.05, 0.1) is 5.71 Å². The molecule has 0 bridgehead atoms. The number of carbonyl (C=O) groups is 1. The second kappa shape index (κ2) is 7.16. The Morgan fingerprint density at radius 2 is 1.58 bits per heavy atom. The number of nitrogens with zero attached hydrogens (tertiary/aromatic N) is 2. The minimum Gasteiger partial charge on any atom is -0.306 e. The number of urea groups is 1. The van der Waals surface area contributed by atoms with Crippen molar-refractivity contribution >= 4 is 17.4 Å². The van der Waals surface area contributed by atoms with Gasteiger partial charge in [0.15, 0.2) is 0 Å². The largest absolute Gasteiger partial charge is 0.346 e. The molecule has 1 aliphatic heterocycles. The van der Waals surface area contributed by atoms with Crippen molar-refractivity contribution < 1.29 is 4.79 Å². The normalized spacial score (nSPS) is 18.5. The molecule has 0 radical (unpaired) electrons. The molecule has 4 rings (SSSR count). The van der Waals surface area contributed by atoms with Gasteiger partial charge < -0.3 is 5.32 Å². The topological polar surface area (TPSA) is 44.7 Å². The molecule has 2 aliphatic rings. The Morgan fingerprint density at radius 1 is 0.923 bits per heavy atom. The van der Waals surface area contributed by atoms with Crippen molar-refractivity contribution in [3.63, 3.8) is 0 Å². The number of nitrogens with one attached hydrogen (secondary N) is 1. The van der Waals surface area contributed by atoms with Crippen LogP contribution in [0.3, 0.4) is 0 Å². The molecule has 26 heavy (non-hydrogen) atoms. The Bertz CT molecular complexity index is 821. The van der Waals surface area contributed by atoms with Crippen LogP contribution in [0.15, 0.2) is 78.0 Å². The quantitative estimate of drug-likeness (QED) is 0.778. The Labute approximate surface area is 154 Å². The van der Waals surface area contributed by atoms with Gasteiger partial charge in [-0.2, -0.15) is 10.1 Å². The maximum Gasteiger partial charge on any atom is 0.346 e. The molecule has 132 valence electrons. The van der Waals surface area contributed by atoms with Crippen LogP contribution in [0, 0.1) is 5.41 Å². The van der Waals surface area contributed by atoms with Gasteiger partial charge in [-0.1, -0.05) is 73.9 Å². The van der Waals surface area contributed by atoms with Gasteiger partial charge in [0.25, 0.3) is 0 Å². The SMILES string of the molecule is O=C(Nc1ccccc1)N1C=CC2(CCCCC2)C(c2ccccc2)=N1. The summed E-state index contributed by atoms with van der Waals surface area (Å²) < 4.78 is 0. The molecule has 2 aromatic carbocycles. The van der Waals surface area contributed by atoms with Crippen LogP contribution >= 0.6 is 0 Å². The Kier molecular flexibility index (Phi) is 4.57. The summed E-state index contributed by atoms with van der Waals surface area (Å²) in [4.78, 5) is 12.7. The van der Waals surface area contributed by atoms with E-state index in [0.29, 0.717) is 0 Å². The number of amides is 2. The third kappa shape index (κ3) is 3.27. The second-order valence-corrected chi connectivity index (χ2v) is 6.99. The van der Waals surface area contributed by atoms with Crippen molar-refractivity contribution in [3.05, 3.63) is 78.5 Å². The van der Waals surface area contributed by atoms with Gasteiger partial charge >= 0.3 is 6.03 Å². The summed E-state index contributed by atoms with van der Waals surface area (Å²) in [5.74, 6) is 0. The van der Waals surface area contributed by atoms with Crippen LogP contribution in [0.25, 0.3) is 0 Å². The molecule has 1 N–H and O–H groups in total. The molecule has 1 fully saturated rings. The summed E-state index contributed by atoms with van der Waals surface area (Å²) in [6.45, 7) is 0. The number of hydrogen-bond donors (Lipinski definition) is 1. The van der Waals surface area contributed by atoms with Crippen LogP contribution < -0.4 is 5.32 Å². The molecule has 1 aliphatic carbocycles. The lowest BCUT2D eigenvalue weighted by Crippen LogP contribution is -2.39. The lowest BCUT2D eigenvalue weighted by molar-refractivity contribution is 0.226. The van der Waals surface area contributed by atoms with Crippen molar-refractivity contribution in [2.75, 3.05) is 5.32 Å².